The van der Waals surface area contributed by atoms with Crippen molar-refractivity contribution in [2.45, 2.75) is 38.0 Å². The maximum atomic E-state index is 12.5. The Morgan fingerprint density at radius 2 is 2.11 bits per heavy atom. The van der Waals surface area contributed by atoms with Crippen molar-refractivity contribution < 1.29 is 18.0 Å². The average molecular weight is 273 g/mol. The van der Waals surface area contributed by atoms with Crippen LogP contribution in [0.3, 0.4) is 0 Å². The average Bonchev–Trinajstić information content (AvgIpc) is 3.12. The third-order valence-electron chi connectivity index (χ3n) is 2.72. The van der Waals surface area contributed by atoms with Crippen LogP contribution in [0.4, 0.5) is 19.0 Å². The standard InChI is InChI=1S/C12H14F3N3O/c1-7(11(19)17-8-5-6-8)16-10-4-2-3-9(18-10)12(13,14)15/h2-4,7-8H,5-6H2,1H3,(H,16,18)(H,17,19). The number of nitrogens with zero attached hydrogens (tertiary/aromatic N) is 1. The van der Waals surface area contributed by atoms with Crippen molar-refractivity contribution in [2.75, 3.05) is 5.32 Å². The molecule has 104 valence electrons. The number of halogens is 3. The Hall–Kier alpha value is -1.79. The topological polar surface area (TPSA) is 54.0 Å². The van der Waals surface area contributed by atoms with Gasteiger partial charge in [0, 0.05) is 6.04 Å². The minimum absolute atomic E-state index is 0.0354. The van der Waals surface area contributed by atoms with Gasteiger partial charge >= 0.3 is 6.18 Å². The van der Waals surface area contributed by atoms with E-state index < -0.39 is 17.9 Å². The highest BCUT2D eigenvalue weighted by atomic mass is 19.4. The van der Waals surface area contributed by atoms with Gasteiger partial charge in [-0.25, -0.2) is 4.98 Å². The zero-order valence-electron chi connectivity index (χ0n) is 10.3. The SMILES string of the molecule is CC(Nc1cccc(C(F)(F)F)n1)C(=O)NC1CC1. The second kappa shape index (κ2) is 5.07. The summed E-state index contributed by atoms with van der Waals surface area (Å²) in [7, 11) is 0. The molecule has 1 amide bonds. The molecule has 1 fully saturated rings. The number of carbonyl (C=O) groups excluding carboxylic acids is 1. The molecule has 2 rings (SSSR count). The van der Waals surface area contributed by atoms with Crippen LogP contribution in [0.25, 0.3) is 0 Å². The van der Waals surface area contributed by atoms with Gasteiger partial charge < -0.3 is 10.6 Å². The minimum Gasteiger partial charge on any atom is -0.359 e. The summed E-state index contributed by atoms with van der Waals surface area (Å²) in [6.45, 7) is 1.58. The van der Waals surface area contributed by atoms with Crippen LogP contribution in [0, 0.1) is 0 Å². The van der Waals surface area contributed by atoms with Crippen molar-refractivity contribution in [3.8, 4) is 0 Å². The second-order valence-electron chi connectivity index (χ2n) is 4.55. The van der Waals surface area contributed by atoms with Gasteiger partial charge in [-0.3, -0.25) is 4.79 Å². The van der Waals surface area contributed by atoms with E-state index in [2.05, 4.69) is 15.6 Å². The van der Waals surface area contributed by atoms with Gasteiger partial charge in [-0.15, -0.1) is 0 Å². The summed E-state index contributed by atoms with van der Waals surface area (Å²) < 4.78 is 37.4. The molecule has 0 spiro atoms. The number of amides is 1. The van der Waals surface area contributed by atoms with Gasteiger partial charge in [-0.05, 0) is 31.9 Å². The summed E-state index contributed by atoms with van der Waals surface area (Å²) in [6.07, 6.45) is -2.57. The number of carbonyl (C=O) groups is 1. The first kappa shape index (κ1) is 13.6. The van der Waals surface area contributed by atoms with Crippen LogP contribution >= 0.6 is 0 Å². The molecule has 0 aromatic carbocycles. The first-order chi connectivity index (χ1) is 8.86. The van der Waals surface area contributed by atoms with Crippen LogP contribution in [-0.2, 0) is 11.0 Å². The summed E-state index contributed by atoms with van der Waals surface area (Å²) in [5.41, 5.74) is -0.979. The molecule has 7 heteroatoms. The van der Waals surface area contributed by atoms with E-state index in [0.717, 1.165) is 18.9 Å². The fraction of sp³-hybridized carbons (Fsp3) is 0.500. The van der Waals surface area contributed by atoms with Gasteiger partial charge in [0.05, 0.1) is 0 Å². The lowest BCUT2D eigenvalue weighted by molar-refractivity contribution is -0.141. The fourth-order valence-corrected chi connectivity index (χ4v) is 1.51. The number of nitrogens with one attached hydrogen (secondary N) is 2. The number of rotatable bonds is 4. The number of hydrogen-bond donors (Lipinski definition) is 2. The normalized spacial score (nSPS) is 16.8. The third kappa shape index (κ3) is 3.84. The minimum atomic E-state index is -4.49. The van der Waals surface area contributed by atoms with E-state index in [1.807, 2.05) is 0 Å². The van der Waals surface area contributed by atoms with Crippen molar-refractivity contribution in [2.24, 2.45) is 0 Å². The maximum absolute atomic E-state index is 12.5. The molecule has 1 heterocycles. The third-order valence-corrected chi connectivity index (χ3v) is 2.72. The van der Waals surface area contributed by atoms with Gasteiger partial charge in [0.25, 0.3) is 0 Å². The van der Waals surface area contributed by atoms with Crippen LogP contribution in [0.5, 0.6) is 0 Å². The fourth-order valence-electron chi connectivity index (χ4n) is 1.51. The molecule has 1 unspecified atom stereocenters. The van der Waals surface area contributed by atoms with Crippen LogP contribution in [0.1, 0.15) is 25.5 Å². The highest BCUT2D eigenvalue weighted by molar-refractivity contribution is 5.84. The smallest absolute Gasteiger partial charge is 0.359 e. The van der Waals surface area contributed by atoms with E-state index in [-0.39, 0.29) is 17.8 Å². The Kier molecular flexibility index (Phi) is 3.64. The number of pyridine rings is 1. The molecular weight excluding hydrogens is 259 g/mol. The first-order valence-electron chi connectivity index (χ1n) is 5.97. The predicted molar refractivity (Wildman–Crippen MR) is 63.5 cm³/mol. The lowest BCUT2D eigenvalue weighted by Crippen LogP contribution is -2.38. The first-order valence-corrected chi connectivity index (χ1v) is 5.97. The van der Waals surface area contributed by atoms with Gasteiger partial charge in [0.2, 0.25) is 5.91 Å². The molecular formula is C12H14F3N3O. The summed E-state index contributed by atoms with van der Waals surface area (Å²) >= 11 is 0. The molecule has 4 nitrogen and oxygen atoms in total. The van der Waals surface area contributed by atoms with E-state index in [0.29, 0.717) is 0 Å². The quantitative estimate of drug-likeness (QED) is 0.884. The van der Waals surface area contributed by atoms with Crippen molar-refractivity contribution in [1.82, 2.24) is 10.3 Å². The van der Waals surface area contributed by atoms with Gasteiger partial charge in [-0.2, -0.15) is 13.2 Å². The van der Waals surface area contributed by atoms with E-state index >= 15 is 0 Å². The molecule has 0 aliphatic heterocycles. The van der Waals surface area contributed by atoms with Gasteiger partial charge in [0.15, 0.2) is 0 Å². The molecule has 1 aliphatic rings. The molecule has 0 radical (unpaired) electrons. The van der Waals surface area contributed by atoms with Crippen LogP contribution < -0.4 is 10.6 Å². The molecule has 2 N–H and O–H groups in total. The molecule has 1 atom stereocenters. The van der Waals surface area contributed by atoms with Crippen molar-refractivity contribution in [3.05, 3.63) is 23.9 Å². The van der Waals surface area contributed by atoms with E-state index in [1.165, 1.54) is 12.1 Å². The zero-order valence-corrected chi connectivity index (χ0v) is 10.3. The molecule has 0 saturated heterocycles. The molecule has 1 saturated carbocycles. The van der Waals surface area contributed by atoms with E-state index in [1.54, 1.807) is 6.92 Å². The van der Waals surface area contributed by atoms with Gasteiger partial charge in [-0.1, -0.05) is 6.07 Å². The number of alkyl halides is 3. The highest BCUT2D eigenvalue weighted by Gasteiger charge is 2.32. The van der Waals surface area contributed by atoms with E-state index in [4.69, 9.17) is 0 Å². The zero-order chi connectivity index (χ0) is 14.0. The number of aromatic nitrogens is 1. The van der Waals surface area contributed by atoms with Crippen LogP contribution in [-0.4, -0.2) is 23.0 Å². The summed E-state index contributed by atoms with van der Waals surface area (Å²) in [5, 5.41) is 5.43. The Morgan fingerprint density at radius 3 is 2.68 bits per heavy atom. The molecule has 1 aromatic rings. The number of anilines is 1. The van der Waals surface area contributed by atoms with Crippen LogP contribution in [0.15, 0.2) is 18.2 Å². The van der Waals surface area contributed by atoms with Gasteiger partial charge in [0.1, 0.15) is 17.6 Å². The number of hydrogen-bond acceptors (Lipinski definition) is 3. The Morgan fingerprint density at radius 1 is 1.42 bits per heavy atom. The molecule has 1 aromatic heterocycles. The highest BCUT2D eigenvalue weighted by Crippen LogP contribution is 2.28. The largest absolute Gasteiger partial charge is 0.433 e. The Labute approximate surface area is 108 Å². The summed E-state index contributed by atoms with van der Waals surface area (Å²) in [6, 6.07) is 3.13. The summed E-state index contributed by atoms with van der Waals surface area (Å²) in [5.74, 6) is -0.199. The second-order valence-corrected chi connectivity index (χ2v) is 4.55. The van der Waals surface area contributed by atoms with E-state index in [9.17, 15) is 18.0 Å². The predicted octanol–water partition coefficient (Wildman–Crippen LogP) is 2.18. The summed E-state index contributed by atoms with van der Waals surface area (Å²) in [4.78, 5) is 15.1. The van der Waals surface area contributed by atoms with Crippen molar-refractivity contribution in [3.63, 3.8) is 0 Å². The monoisotopic (exact) mass is 273 g/mol. The Balaban J connectivity index is 1.99. The maximum Gasteiger partial charge on any atom is 0.433 e. The molecule has 0 bridgehead atoms. The lowest BCUT2D eigenvalue weighted by atomic mass is 10.3. The van der Waals surface area contributed by atoms with Crippen molar-refractivity contribution >= 4 is 11.7 Å². The lowest BCUT2D eigenvalue weighted by Gasteiger charge is -2.15. The van der Waals surface area contributed by atoms with Crippen molar-refractivity contribution in [1.29, 1.82) is 0 Å². The molecule has 19 heavy (non-hydrogen) atoms. The molecule has 1 aliphatic carbocycles. The van der Waals surface area contributed by atoms with Crippen LogP contribution in [0.2, 0.25) is 0 Å². The Bertz CT molecular complexity index is 472.